The number of carboxylic acids is 1. The van der Waals surface area contributed by atoms with Crippen molar-refractivity contribution in [2.45, 2.75) is 0 Å². The number of nitrogen functional groups attached to an aromatic ring is 1. The second-order valence-corrected chi connectivity index (χ2v) is 2.34. The molecule has 70 valence electrons. The Morgan fingerprint density at radius 2 is 1.85 bits per heavy atom. The normalized spacial score (nSPS) is 9.54. The fraction of sp³-hybridized carbons (Fsp3) is 0. The molecule has 0 amide bonds. The van der Waals surface area contributed by atoms with E-state index in [1.54, 1.807) is 24.3 Å². The molecule has 0 unspecified atom stereocenters. The van der Waals surface area contributed by atoms with Gasteiger partial charge in [0.05, 0.1) is 0 Å². The van der Waals surface area contributed by atoms with Gasteiger partial charge < -0.3 is 10.8 Å². The van der Waals surface area contributed by atoms with Crippen LogP contribution < -0.4 is 5.73 Å². The molecule has 4 heteroatoms. The van der Waals surface area contributed by atoms with Crippen molar-refractivity contribution < 1.29 is 9.90 Å². The molecule has 0 aromatic heterocycles. The lowest BCUT2D eigenvalue weighted by molar-refractivity contribution is -0.131. The van der Waals surface area contributed by atoms with Crippen molar-refractivity contribution in [3.05, 3.63) is 35.9 Å². The van der Waals surface area contributed by atoms with E-state index in [2.05, 4.69) is 0 Å². The van der Waals surface area contributed by atoms with Crippen molar-refractivity contribution >= 4 is 30.1 Å². The number of carboxylic acid groups (broad SMARTS) is 1. The van der Waals surface area contributed by atoms with Crippen LogP contribution in [0.5, 0.6) is 0 Å². The Balaban J connectivity index is 0.00000144. The minimum atomic E-state index is -0.952. The number of benzene rings is 1. The smallest absolute Gasteiger partial charge is 0.328 e. The molecule has 1 aromatic carbocycles. The van der Waals surface area contributed by atoms with E-state index < -0.39 is 5.97 Å². The molecule has 13 heavy (non-hydrogen) atoms. The SMILES string of the molecule is Cl.Nc1ccc(C=CC(=O)O)cc1. The van der Waals surface area contributed by atoms with Gasteiger partial charge in [0.1, 0.15) is 0 Å². The van der Waals surface area contributed by atoms with Gasteiger partial charge in [-0.2, -0.15) is 0 Å². The van der Waals surface area contributed by atoms with Gasteiger partial charge in [-0.3, -0.25) is 0 Å². The summed E-state index contributed by atoms with van der Waals surface area (Å²) in [7, 11) is 0. The van der Waals surface area contributed by atoms with Crippen molar-refractivity contribution in [3.8, 4) is 0 Å². The van der Waals surface area contributed by atoms with E-state index >= 15 is 0 Å². The zero-order chi connectivity index (χ0) is 8.97. The number of hydrogen-bond donors (Lipinski definition) is 2. The van der Waals surface area contributed by atoms with Crippen molar-refractivity contribution in [2.75, 3.05) is 5.73 Å². The van der Waals surface area contributed by atoms with E-state index in [0.717, 1.165) is 11.6 Å². The standard InChI is InChI=1S/C9H9NO2.ClH/c10-8-4-1-7(2-5-8)3-6-9(11)12;/h1-6H,10H2,(H,11,12);1H. The molecule has 0 aliphatic carbocycles. The van der Waals surface area contributed by atoms with Gasteiger partial charge in [0.25, 0.3) is 0 Å². The topological polar surface area (TPSA) is 63.3 Å². The van der Waals surface area contributed by atoms with Gasteiger partial charge in [0.15, 0.2) is 0 Å². The molecule has 0 radical (unpaired) electrons. The zero-order valence-electron chi connectivity index (χ0n) is 6.81. The van der Waals surface area contributed by atoms with Gasteiger partial charge in [-0.25, -0.2) is 4.79 Å². The summed E-state index contributed by atoms with van der Waals surface area (Å²) in [5, 5.41) is 8.32. The van der Waals surface area contributed by atoms with E-state index in [9.17, 15) is 4.79 Å². The highest BCUT2D eigenvalue weighted by atomic mass is 35.5. The average Bonchev–Trinajstić information content (AvgIpc) is 2.03. The zero-order valence-corrected chi connectivity index (χ0v) is 7.62. The summed E-state index contributed by atoms with van der Waals surface area (Å²) in [4.78, 5) is 10.1. The molecule has 1 rings (SSSR count). The number of nitrogens with two attached hydrogens (primary N) is 1. The average molecular weight is 200 g/mol. The van der Waals surface area contributed by atoms with E-state index in [4.69, 9.17) is 10.8 Å². The maximum absolute atomic E-state index is 10.1. The lowest BCUT2D eigenvalue weighted by Gasteiger charge is -1.92. The van der Waals surface area contributed by atoms with Crippen molar-refractivity contribution in [1.82, 2.24) is 0 Å². The lowest BCUT2D eigenvalue weighted by atomic mass is 10.2. The first-order chi connectivity index (χ1) is 5.68. The summed E-state index contributed by atoms with van der Waals surface area (Å²) in [6.45, 7) is 0. The van der Waals surface area contributed by atoms with Gasteiger partial charge in [0, 0.05) is 11.8 Å². The minimum absolute atomic E-state index is 0. The van der Waals surface area contributed by atoms with Crippen LogP contribution in [0.2, 0.25) is 0 Å². The molecule has 0 fully saturated rings. The maximum Gasteiger partial charge on any atom is 0.328 e. The van der Waals surface area contributed by atoms with Crippen molar-refractivity contribution in [3.63, 3.8) is 0 Å². The molecule has 3 nitrogen and oxygen atoms in total. The van der Waals surface area contributed by atoms with Gasteiger partial charge >= 0.3 is 5.97 Å². The highest BCUT2D eigenvalue weighted by molar-refractivity contribution is 5.85. The maximum atomic E-state index is 10.1. The quantitative estimate of drug-likeness (QED) is 0.564. The van der Waals surface area contributed by atoms with Crippen LogP contribution in [0.15, 0.2) is 30.3 Å². The highest BCUT2D eigenvalue weighted by Gasteiger charge is 1.88. The van der Waals surface area contributed by atoms with Crippen molar-refractivity contribution in [2.24, 2.45) is 0 Å². The van der Waals surface area contributed by atoms with Gasteiger partial charge in [0.2, 0.25) is 0 Å². The van der Waals surface area contributed by atoms with Gasteiger partial charge in [-0.15, -0.1) is 12.4 Å². The fourth-order valence-electron chi connectivity index (χ4n) is 0.775. The predicted molar refractivity (Wildman–Crippen MR) is 54.8 cm³/mol. The van der Waals surface area contributed by atoms with Crippen LogP contribution in [-0.4, -0.2) is 11.1 Å². The number of anilines is 1. The van der Waals surface area contributed by atoms with Crippen LogP contribution in [0.3, 0.4) is 0 Å². The second kappa shape index (κ2) is 5.22. The van der Waals surface area contributed by atoms with Gasteiger partial charge in [-0.1, -0.05) is 12.1 Å². The Bertz CT molecular complexity index is 306. The molecule has 0 aliphatic heterocycles. The van der Waals surface area contributed by atoms with E-state index in [1.165, 1.54) is 6.08 Å². The number of halogens is 1. The Kier molecular flexibility index (Phi) is 4.62. The first-order valence-corrected chi connectivity index (χ1v) is 3.45. The molecule has 0 spiro atoms. The van der Waals surface area contributed by atoms with Crippen LogP contribution in [-0.2, 0) is 4.79 Å². The molecule has 0 atom stereocenters. The van der Waals surface area contributed by atoms with Gasteiger partial charge in [-0.05, 0) is 23.8 Å². The number of hydrogen-bond acceptors (Lipinski definition) is 2. The van der Waals surface area contributed by atoms with Crippen LogP contribution in [0.4, 0.5) is 5.69 Å². The van der Waals surface area contributed by atoms with Crippen LogP contribution in [0.1, 0.15) is 5.56 Å². The third kappa shape index (κ3) is 4.18. The summed E-state index contributed by atoms with van der Waals surface area (Å²) < 4.78 is 0. The Labute approximate surface area is 82.3 Å². The Morgan fingerprint density at radius 1 is 1.31 bits per heavy atom. The first kappa shape index (κ1) is 11.5. The molecule has 0 heterocycles. The number of carbonyl (C=O) groups is 1. The minimum Gasteiger partial charge on any atom is -0.478 e. The highest BCUT2D eigenvalue weighted by Crippen LogP contribution is 2.06. The first-order valence-electron chi connectivity index (χ1n) is 3.45. The second-order valence-electron chi connectivity index (χ2n) is 2.34. The Hall–Kier alpha value is -1.48. The van der Waals surface area contributed by atoms with E-state index in [-0.39, 0.29) is 12.4 Å². The fourth-order valence-corrected chi connectivity index (χ4v) is 0.775. The monoisotopic (exact) mass is 199 g/mol. The molecular weight excluding hydrogens is 190 g/mol. The van der Waals surface area contributed by atoms with Crippen LogP contribution in [0, 0.1) is 0 Å². The lowest BCUT2D eigenvalue weighted by Crippen LogP contribution is -1.86. The van der Waals surface area contributed by atoms with E-state index in [1.807, 2.05) is 0 Å². The summed E-state index contributed by atoms with van der Waals surface area (Å²) in [5.74, 6) is -0.952. The molecule has 3 N–H and O–H groups in total. The van der Waals surface area contributed by atoms with Crippen LogP contribution in [0.25, 0.3) is 6.08 Å². The molecule has 0 bridgehead atoms. The van der Waals surface area contributed by atoms with Crippen molar-refractivity contribution in [1.29, 1.82) is 0 Å². The summed E-state index contributed by atoms with van der Waals surface area (Å²) >= 11 is 0. The number of aliphatic carboxylic acids is 1. The third-order valence-electron chi connectivity index (χ3n) is 1.35. The molecule has 1 aromatic rings. The molecule has 0 saturated carbocycles. The molecule has 0 aliphatic rings. The van der Waals surface area contributed by atoms with E-state index in [0.29, 0.717) is 5.69 Å². The molecule has 0 saturated heterocycles. The van der Waals surface area contributed by atoms with Crippen LogP contribution >= 0.6 is 12.4 Å². The summed E-state index contributed by atoms with van der Waals surface area (Å²) in [6, 6.07) is 6.96. The summed E-state index contributed by atoms with van der Waals surface area (Å²) in [6.07, 6.45) is 2.60. The third-order valence-corrected chi connectivity index (χ3v) is 1.35. The predicted octanol–water partition coefficient (Wildman–Crippen LogP) is 1.79. The largest absolute Gasteiger partial charge is 0.478 e. The number of rotatable bonds is 2. The Morgan fingerprint density at radius 3 is 2.31 bits per heavy atom. The summed E-state index contributed by atoms with van der Waals surface area (Å²) in [5.41, 5.74) is 6.94. The molecular formula is C9H10ClNO2.